The molecule has 9 nitrogen and oxygen atoms in total. The van der Waals surface area contributed by atoms with Gasteiger partial charge in [-0.1, -0.05) is 54.6 Å². The Labute approximate surface area is 244 Å². The molecule has 0 bridgehead atoms. The molecule has 10 heteroatoms. The van der Waals surface area contributed by atoms with E-state index in [0.29, 0.717) is 11.1 Å². The van der Waals surface area contributed by atoms with Crippen LogP contribution in [-0.2, 0) is 27.3 Å². The lowest BCUT2D eigenvalue weighted by Gasteiger charge is -2.36. The normalized spacial score (nSPS) is 14.9. The highest BCUT2D eigenvalue weighted by molar-refractivity contribution is 6.00. The molecule has 42 heavy (non-hydrogen) atoms. The first-order valence-electron chi connectivity index (χ1n) is 13.8. The van der Waals surface area contributed by atoms with E-state index in [1.54, 1.807) is 31.2 Å². The van der Waals surface area contributed by atoms with Gasteiger partial charge in [0.2, 0.25) is 17.7 Å². The number of aryl methyl sites for hydroxylation is 1. The molecule has 0 aliphatic carbocycles. The number of methoxy groups -OCH3 is 1. The number of hydrogen-bond acceptors (Lipinski definition) is 6. The van der Waals surface area contributed by atoms with Crippen molar-refractivity contribution >= 4 is 29.2 Å². The number of nitrogens with one attached hydrogen (secondary N) is 2. The average Bonchev–Trinajstić information content (AvgIpc) is 3.00. The zero-order valence-corrected chi connectivity index (χ0v) is 23.7. The number of fused-ring (bicyclic) bond motifs is 1. The Kier molecular flexibility index (Phi) is 10.0. The summed E-state index contributed by atoms with van der Waals surface area (Å²) in [5.74, 6) is -1.88. The number of rotatable bonds is 11. The standard InChI is InChI=1S/C32H35FN4O5/c1-20-16-29(42-2)26(18-24(20)33)36-31(40)25(14-15-34)35-32(41)27-17-22-10-6-7-11-23(22)19-37(27)30(39)13-12-28(38)21-8-4-3-5-9-21/h3-11,16,18,25,27H,12-15,17,19,34H2,1-2H3,(H,35,41)(H,36,40)/t25-,27-/m0/s1. The fourth-order valence-corrected chi connectivity index (χ4v) is 5.00. The molecule has 1 aliphatic heterocycles. The maximum absolute atomic E-state index is 14.2. The first-order valence-corrected chi connectivity index (χ1v) is 13.8. The number of halogens is 1. The highest BCUT2D eigenvalue weighted by atomic mass is 19.1. The number of benzene rings is 3. The lowest BCUT2D eigenvalue weighted by atomic mass is 9.92. The van der Waals surface area contributed by atoms with E-state index in [0.717, 1.165) is 17.2 Å². The minimum atomic E-state index is -1.05. The quantitative estimate of drug-likeness (QED) is 0.301. The molecule has 2 atom stereocenters. The fraction of sp³-hybridized carbons (Fsp3) is 0.312. The summed E-state index contributed by atoms with van der Waals surface area (Å²) >= 11 is 0. The third-order valence-electron chi connectivity index (χ3n) is 7.36. The van der Waals surface area contributed by atoms with Crippen LogP contribution in [0, 0.1) is 12.7 Å². The summed E-state index contributed by atoms with van der Waals surface area (Å²) in [7, 11) is 1.40. The third-order valence-corrected chi connectivity index (χ3v) is 7.36. The Morgan fingerprint density at radius 1 is 1.02 bits per heavy atom. The fourth-order valence-electron chi connectivity index (χ4n) is 5.00. The Morgan fingerprint density at radius 3 is 2.40 bits per heavy atom. The van der Waals surface area contributed by atoms with Crippen LogP contribution in [0.5, 0.6) is 5.75 Å². The summed E-state index contributed by atoms with van der Waals surface area (Å²) in [5, 5.41) is 5.38. The highest BCUT2D eigenvalue weighted by Crippen LogP contribution is 2.28. The second-order valence-corrected chi connectivity index (χ2v) is 10.2. The average molecular weight is 575 g/mol. The first-order chi connectivity index (χ1) is 20.2. The minimum Gasteiger partial charge on any atom is -0.495 e. The Balaban J connectivity index is 1.51. The number of anilines is 1. The largest absolute Gasteiger partial charge is 0.495 e. The number of carbonyl (C=O) groups is 4. The molecule has 3 amide bonds. The second kappa shape index (κ2) is 13.9. The molecular formula is C32H35FN4O5. The maximum Gasteiger partial charge on any atom is 0.247 e. The van der Waals surface area contributed by atoms with Gasteiger partial charge in [-0.05, 0) is 42.6 Å². The highest BCUT2D eigenvalue weighted by Gasteiger charge is 2.36. The van der Waals surface area contributed by atoms with Crippen LogP contribution in [0.3, 0.4) is 0 Å². The number of ether oxygens (including phenoxy) is 1. The number of Topliss-reactive ketones (excluding diaryl/α,β-unsaturated/α-hetero) is 1. The zero-order valence-electron chi connectivity index (χ0n) is 23.7. The lowest BCUT2D eigenvalue weighted by molar-refractivity contribution is -0.142. The van der Waals surface area contributed by atoms with Crippen molar-refractivity contribution in [2.24, 2.45) is 5.73 Å². The third kappa shape index (κ3) is 7.19. The molecular weight excluding hydrogens is 539 g/mol. The van der Waals surface area contributed by atoms with Crippen molar-refractivity contribution in [3.05, 3.63) is 94.8 Å². The minimum absolute atomic E-state index is 0.00246. The van der Waals surface area contributed by atoms with Crippen LogP contribution in [0.1, 0.15) is 46.3 Å². The van der Waals surface area contributed by atoms with Gasteiger partial charge in [0, 0.05) is 37.4 Å². The molecule has 3 aromatic carbocycles. The van der Waals surface area contributed by atoms with Crippen LogP contribution < -0.4 is 21.1 Å². The van der Waals surface area contributed by atoms with Crippen LogP contribution in [-0.4, -0.2) is 54.1 Å². The van der Waals surface area contributed by atoms with Gasteiger partial charge in [-0.25, -0.2) is 4.39 Å². The van der Waals surface area contributed by atoms with Crippen molar-refractivity contribution in [1.82, 2.24) is 10.2 Å². The number of nitrogens with two attached hydrogens (primary N) is 1. The maximum atomic E-state index is 14.2. The number of ketones is 1. The van der Waals surface area contributed by atoms with Gasteiger partial charge in [-0.2, -0.15) is 0 Å². The molecule has 0 radical (unpaired) electrons. The molecule has 3 aromatic rings. The molecule has 0 spiro atoms. The summed E-state index contributed by atoms with van der Waals surface area (Å²) in [6, 6.07) is 16.9. The predicted octanol–water partition coefficient (Wildman–Crippen LogP) is 3.53. The van der Waals surface area contributed by atoms with E-state index in [4.69, 9.17) is 10.5 Å². The SMILES string of the molecule is COc1cc(C)c(F)cc1NC(=O)[C@H](CCN)NC(=O)[C@@H]1Cc2ccccc2CN1C(=O)CCC(=O)c1ccccc1. The summed E-state index contributed by atoms with van der Waals surface area (Å²) in [5.41, 5.74) is 8.57. The number of hydrogen-bond donors (Lipinski definition) is 3. The van der Waals surface area contributed by atoms with Crippen LogP contribution >= 0.6 is 0 Å². The molecule has 4 N–H and O–H groups in total. The molecule has 0 saturated heterocycles. The molecule has 0 fully saturated rings. The molecule has 0 saturated carbocycles. The molecule has 0 unspecified atom stereocenters. The smallest absolute Gasteiger partial charge is 0.247 e. The Morgan fingerprint density at radius 2 is 1.71 bits per heavy atom. The molecule has 220 valence electrons. The molecule has 4 rings (SSSR count). The first kappa shape index (κ1) is 30.4. The topological polar surface area (TPSA) is 131 Å². The van der Waals surface area contributed by atoms with E-state index >= 15 is 0 Å². The summed E-state index contributed by atoms with van der Waals surface area (Å²) in [6.07, 6.45) is 0.291. The summed E-state index contributed by atoms with van der Waals surface area (Å²) in [6.45, 7) is 1.86. The van der Waals surface area contributed by atoms with Gasteiger partial charge in [0.15, 0.2) is 5.78 Å². The Bertz CT molecular complexity index is 1460. The van der Waals surface area contributed by atoms with Crippen LogP contribution in [0.4, 0.5) is 10.1 Å². The van der Waals surface area contributed by atoms with Gasteiger partial charge in [0.1, 0.15) is 23.7 Å². The second-order valence-electron chi connectivity index (χ2n) is 10.2. The van der Waals surface area contributed by atoms with Gasteiger partial charge < -0.3 is 26.0 Å². The predicted molar refractivity (Wildman–Crippen MR) is 156 cm³/mol. The van der Waals surface area contributed by atoms with Gasteiger partial charge >= 0.3 is 0 Å². The van der Waals surface area contributed by atoms with Gasteiger partial charge in [-0.3, -0.25) is 19.2 Å². The van der Waals surface area contributed by atoms with Gasteiger partial charge in [-0.15, -0.1) is 0 Å². The molecule has 1 aliphatic rings. The lowest BCUT2D eigenvalue weighted by Crippen LogP contribution is -2.56. The van der Waals surface area contributed by atoms with Crippen molar-refractivity contribution in [1.29, 1.82) is 0 Å². The van der Waals surface area contributed by atoms with Crippen LogP contribution in [0.15, 0.2) is 66.7 Å². The summed E-state index contributed by atoms with van der Waals surface area (Å²) in [4.78, 5) is 54.4. The van der Waals surface area contributed by atoms with Crippen molar-refractivity contribution in [2.45, 2.75) is 51.2 Å². The van der Waals surface area contributed by atoms with E-state index in [1.807, 2.05) is 30.3 Å². The molecule has 1 heterocycles. The van der Waals surface area contributed by atoms with Crippen molar-refractivity contribution in [2.75, 3.05) is 19.0 Å². The van der Waals surface area contributed by atoms with E-state index in [1.165, 1.54) is 18.1 Å². The monoisotopic (exact) mass is 574 g/mol. The van der Waals surface area contributed by atoms with Crippen molar-refractivity contribution in [3.63, 3.8) is 0 Å². The van der Waals surface area contributed by atoms with Crippen LogP contribution in [0.2, 0.25) is 0 Å². The number of carbonyl (C=O) groups excluding carboxylic acids is 4. The van der Waals surface area contributed by atoms with E-state index < -0.39 is 29.7 Å². The van der Waals surface area contributed by atoms with Gasteiger partial charge in [0.25, 0.3) is 0 Å². The number of nitrogens with zero attached hydrogens (tertiary/aromatic N) is 1. The van der Waals surface area contributed by atoms with Crippen molar-refractivity contribution in [3.8, 4) is 5.75 Å². The molecule has 0 aromatic heterocycles. The van der Waals surface area contributed by atoms with Crippen molar-refractivity contribution < 1.29 is 28.3 Å². The Hall–Kier alpha value is -4.57. The van der Waals surface area contributed by atoms with E-state index in [9.17, 15) is 23.6 Å². The van der Waals surface area contributed by atoms with E-state index in [-0.39, 0.29) is 61.9 Å². The summed E-state index contributed by atoms with van der Waals surface area (Å²) < 4.78 is 19.5. The number of amides is 3. The zero-order chi connectivity index (χ0) is 30.2. The van der Waals surface area contributed by atoms with Crippen LogP contribution in [0.25, 0.3) is 0 Å². The van der Waals surface area contributed by atoms with E-state index in [2.05, 4.69) is 10.6 Å². The van der Waals surface area contributed by atoms with Gasteiger partial charge in [0.05, 0.1) is 12.8 Å².